The number of hydrogen-bond donors (Lipinski definition) is 3. The summed E-state index contributed by atoms with van der Waals surface area (Å²) in [5, 5.41) is 14.1. The molecule has 6 nitrogen and oxygen atoms in total. The van der Waals surface area contributed by atoms with Crippen LogP contribution in [0.15, 0.2) is 48.7 Å². The Kier molecular flexibility index (Phi) is 4.11. The largest absolute Gasteiger partial charge is 0.396 e. The molecule has 0 amide bonds. The van der Waals surface area contributed by atoms with Gasteiger partial charge in [0.25, 0.3) is 0 Å². The monoisotopic (exact) mass is 335 g/mol. The van der Waals surface area contributed by atoms with Crippen LogP contribution in [-0.2, 0) is 6.54 Å². The van der Waals surface area contributed by atoms with Crippen LogP contribution in [0.4, 0.5) is 17.3 Å². The van der Waals surface area contributed by atoms with Crippen LogP contribution in [0.2, 0.25) is 0 Å². The van der Waals surface area contributed by atoms with E-state index in [0.29, 0.717) is 24.6 Å². The van der Waals surface area contributed by atoms with Gasteiger partial charge < -0.3 is 21.1 Å². The zero-order valence-electron chi connectivity index (χ0n) is 13.9. The number of hydrogen-bond acceptors (Lipinski definition) is 6. The molecule has 0 saturated carbocycles. The molecule has 1 fully saturated rings. The van der Waals surface area contributed by atoms with E-state index in [1.807, 2.05) is 24.3 Å². The normalized spacial score (nSPS) is 17.2. The Labute approximate surface area is 146 Å². The minimum absolute atomic E-state index is 0.276. The molecule has 1 atom stereocenters. The maximum absolute atomic E-state index is 9.71. The molecule has 25 heavy (non-hydrogen) atoms. The molecule has 1 aliphatic heterocycles. The summed E-state index contributed by atoms with van der Waals surface area (Å²) in [5.41, 5.74) is 8.81. The lowest BCUT2D eigenvalue weighted by Gasteiger charge is -2.18. The number of nitrogen functional groups attached to an aromatic ring is 1. The zero-order valence-corrected chi connectivity index (χ0v) is 13.9. The van der Waals surface area contributed by atoms with Crippen LogP contribution in [0.1, 0.15) is 12.0 Å². The van der Waals surface area contributed by atoms with Crippen LogP contribution in [-0.4, -0.2) is 34.3 Å². The molecule has 2 aromatic heterocycles. The Morgan fingerprint density at radius 1 is 1.24 bits per heavy atom. The summed E-state index contributed by atoms with van der Waals surface area (Å²) in [6.07, 6.45) is 2.30. The molecule has 128 valence electrons. The van der Waals surface area contributed by atoms with Crippen LogP contribution < -0.4 is 16.0 Å². The first-order chi connectivity index (χ1) is 12.2. The second-order valence-electron chi connectivity index (χ2n) is 6.38. The van der Waals surface area contributed by atoms with Crippen LogP contribution in [0.3, 0.4) is 0 Å². The number of aliphatic hydroxyl groups excluding tert-OH is 1. The first-order valence-electron chi connectivity index (χ1n) is 8.46. The molecule has 6 heteroatoms. The van der Waals surface area contributed by atoms with Crippen molar-refractivity contribution in [1.82, 2.24) is 9.97 Å². The molecule has 0 spiro atoms. The van der Waals surface area contributed by atoms with Crippen molar-refractivity contribution in [1.29, 1.82) is 0 Å². The van der Waals surface area contributed by atoms with Gasteiger partial charge in [-0.05, 0) is 42.3 Å². The van der Waals surface area contributed by atoms with Crippen LogP contribution in [0.5, 0.6) is 0 Å². The highest BCUT2D eigenvalue weighted by Crippen LogP contribution is 2.24. The van der Waals surface area contributed by atoms with Crippen molar-refractivity contribution in [3.05, 3.63) is 54.2 Å². The number of pyridine rings is 2. The standard InChI is InChI=1S/C19H21N5O/c20-16-4-6-18(24-9-7-15(25)12-24)23-19(16)22-11-13-3-5-17-14(10-13)2-1-8-21-17/h1-6,8,10,15,25H,7,9,11-12,20H2,(H,22,23). The maximum Gasteiger partial charge on any atom is 0.151 e. The van der Waals surface area contributed by atoms with Crippen molar-refractivity contribution in [3.63, 3.8) is 0 Å². The molecule has 0 radical (unpaired) electrons. The summed E-state index contributed by atoms with van der Waals surface area (Å²) in [5.74, 6) is 1.51. The summed E-state index contributed by atoms with van der Waals surface area (Å²) < 4.78 is 0. The molecule has 4 N–H and O–H groups in total. The predicted molar refractivity (Wildman–Crippen MR) is 101 cm³/mol. The Balaban J connectivity index is 1.51. The van der Waals surface area contributed by atoms with Gasteiger partial charge in [0.05, 0.1) is 17.3 Å². The Hall–Kier alpha value is -2.86. The summed E-state index contributed by atoms with van der Waals surface area (Å²) in [7, 11) is 0. The number of aliphatic hydroxyl groups is 1. The fourth-order valence-corrected chi connectivity index (χ4v) is 3.15. The van der Waals surface area contributed by atoms with Gasteiger partial charge in [-0.1, -0.05) is 12.1 Å². The minimum atomic E-state index is -0.276. The van der Waals surface area contributed by atoms with E-state index in [4.69, 9.17) is 5.73 Å². The number of nitrogens with two attached hydrogens (primary N) is 1. The number of benzene rings is 1. The van der Waals surface area contributed by atoms with Gasteiger partial charge in [-0.25, -0.2) is 4.98 Å². The van der Waals surface area contributed by atoms with Crippen molar-refractivity contribution in [2.24, 2.45) is 0 Å². The Bertz CT molecular complexity index is 898. The lowest BCUT2D eigenvalue weighted by atomic mass is 10.1. The molecule has 4 rings (SSSR count). The molecule has 1 aromatic carbocycles. The summed E-state index contributed by atoms with van der Waals surface area (Å²) in [6.45, 7) is 2.07. The molecular weight excluding hydrogens is 314 g/mol. The molecule has 3 aromatic rings. The number of anilines is 3. The smallest absolute Gasteiger partial charge is 0.151 e. The van der Waals surface area contributed by atoms with Gasteiger partial charge in [-0.2, -0.15) is 0 Å². The molecule has 1 aliphatic rings. The summed E-state index contributed by atoms with van der Waals surface area (Å²) >= 11 is 0. The fourth-order valence-electron chi connectivity index (χ4n) is 3.15. The molecule has 1 unspecified atom stereocenters. The highest BCUT2D eigenvalue weighted by Gasteiger charge is 2.21. The highest BCUT2D eigenvalue weighted by molar-refractivity contribution is 5.79. The van der Waals surface area contributed by atoms with E-state index in [2.05, 4.69) is 38.4 Å². The molecular formula is C19H21N5O. The average Bonchev–Trinajstić information content (AvgIpc) is 3.07. The molecule has 0 bridgehead atoms. The van der Waals surface area contributed by atoms with Crippen molar-refractivity contribution in [3.8, 4) is 0 Å². The number of rotatable bonds is 4. The topological polar surface area (TPSA) is 87.3 Å². The van der Waals surface area contributed by atoms with Gasteiger partial charge in [-0.15, -0.1) is 0 Å². The van der Waals surface area contributed by atoms with Gasteiger partial charge in [0, 0.05) is 31.2 Å². The van der Waals surface area contributed by atoms with Crippen molar-refractivity contribution in [2.45, 2.75) is 19.1 Å². The lowest BCUT2D eigenvalue weighted by molar-refractivity contribution is 0.198. The minimum Gasteiger partial charge on any atom is -0.396 e. The van der Waals surface area contributed by atoms with Crippen LogP contribution in [0, 0.1) is 0 Å². The van der Waals surface area contributed by atoms with E-state index in [1.165, 1.54) is 0 Å². The Morgan fingerprint density at radius 3 is 3.00 bits per heavy atom. The number of β-amino-alcohol motifs (C(OH)–C–C–N with tert-alkyl or cyclic N) is 1. The van der Waals surface area contributed by atoms with E-state index in [1.54, 1.807) is 6.20 Å². The number of aromatic nitrogens is 2. The molecule has 1 saturated heterocycles. The van der Waals surface area contributed by atoms with E-state index < -0.39 is 0 Å². The second-order valence-corrected chi connectivity index (χ2v) is 6.38. The lowest BCUT2D eigenvalue weighted by Crippen LogP contribution is -2.22. The van der Waals surface area contributed by atoms with Gasteiger partial charge in [0.2, 0.25) is 0 Å². The molecule has 3 heterocycles. The Morgan fingerprint density at radius 2 is 2.16 bits per heavy atom. The number of nitrogens with zero attached hydrogens (tertiary/aromatic N) is 3. The van der Waals surface area contributed by atoms with Gasteiger partial charge >= 0.3 is 0 Å². The first kappa shape index (κ1) is 15.7. The van der Waals surface area contributed by atoms with Crippen molar-refractivity contribution < 1.29 is 5.11 Å². The molecule has 0 aliphatic carbocycles. The van der Waals surface area contributed by atoms with Gasteiger partial charge in [-0.3, -0.25) is 4.98 Å². The van der Waals surface area contributed by atoms with Gasteiger partial charge in [0.15, 0.2) is 5.82 Å². The first-order valence-corrected chi connectivity index (χ1v) is 8.46. The third-order valence-electron chi connectivity index (χ3n) is 4.53. The highest BCUT2D eigenvalue weighted by atomic mass is 16.3. The second kappa shape index (κ2) is 6.57. The van der Waals surface area contributed by atoms with Crippen LogP contribution >= 0.6 is 0 Å². The zero-order chi connectivity index (χ0) is 17.2. The van der Waals surface area contributed by atoms with E-state index in [-0.39, 0.29) is 6.10 Å². The average molecular weight is 335 g/mol. The summed E-state index contributed by atoms with van der Waals surface area (Å²) in [4.78, 5) is 11.1. The van der Waals surface area contributed by atoms with E-state index in [0.717, 1.165) is 35.2 Å². The van der Waals surface area contributed by atoms with E-state index in [9.17, 15) is 5.11 Å². The quantitative estimate of drug-likeness (QED) is 0.679. The van der Waals surface area contributed by atoms with Crippen LogP contribution in [0.25, 0.3) is 10.9 Å². The van der Waals surface area contributed by atoms with Crippen molar-refractivity contribution in [2.75, 3.05) is 29.0 Å². The number of nitrogens with one attached hydrogen (secondary N) is 1. The third kappa shape index (κ3) is 3.34. The third-order valence-corrected chi connectivity index (χ3v) is 4.53. The van der Waals surface area contributed by atoms with Crippen molar-refractivity contribution >= 4 is 28.2 Å². The number of fused-ring (bicyclic) bond motifs is 1. The predicted octanol–water partition coefficient (Wildman–Crippen LogP) is 2.40. The maximum atomic E-state index is 9.71. The fraction of sp³-hybridized carbons (Fsp3) is 0.263. The SMILES string of the molecule is Nc1ccc(N2CCC(O)C2)nc1NCc1ccc2ncccc2c1. The van der Waals surface area contributed by atoms with Gasteiger partial charge in [0.1, 0.15) is 5.82 Å². The summed E-state index contributed by atoms with van der Waals surface area (Å²) in [6, 6.07) is 13.9. The van der Waals surface area contributed by atoms with E-state index >= 15 is 0 Å².